The Morgan fingerprint density at radius 3 is 2.33 bits per heavy atom. The maximum atomic E-state index is 3.29. The molecule has 0 aromatic carbocycles. The van der Waals surface area contributed by atoms with Crippen LogP contribution in [0.3, 0.4) is 0 Å². The number of allylic oxidation sites excluding steroid dienone is 4. The summed E-state index contributed by atoms with van der Waals surface area (Å²) in [5, 5.41) is 0. The summed E-state index contributed by atoms with van der Waals surface area (Å²) in [7, 11) is 0. The molecule has 0 amide bonds. The molecule has 0 saturated carbocycles. The molecule has 3 heteroatoms. The van der Waals surface area contributed by atoms with Gasteiger partial charge in [0.05, 0.1) is 0 Å². The molecule has 1 rings (SSSR count). The quantitative estimate of drug-likeness (QED) is 0.369. The van der Waals surface area contributed by atoms with Crippen LogP contribution in [-0.2, 0) is 21.7 Å². The number of halogens is 2. The van der Waals surface area contributed by atoms with Gasteiger partial charge in [-0.25, -0.2) is 11.6 Å². The topological polar surface area (TPSA) is 0 Å². The molecule has 0 heterocycles. The van der Waals surface area contributed by atoms with Gasteiger partial charge in [-0.05, 0) is 5.92 Å². The zero-order valence-electron chi connectivity index (χ0n) is 7.40. The van der Waals surface area contributed by atoms with Crippen molar-refractivity contribution >= 4 is 0 Å². The molecule has 0 spiro atoms. The summed E-state index contributed by atoms with van der Waals surface area (Å²) in [6, 6.07) is 0. The molecule has 0 aromatic rings. The van der Waals surface area contributed by atoms with Gasteiger partial charge in [0, 0.05) is 0 Å². The summed E-state index contributed by atoms with van der Waals surface area (Å²) >= 11 is 0. The maximum absolute atomic E-state index is 3.29. The maximum Gasteiger partial charge on any atom is 3.00 e. The first kappa shape index (κ1) is 18.8. The van der Waals surface area contributed by atoms with E-state index < -0.39 is 0 Å². The number of hydrogen-bond acceptors (Lipinski definition) is 0. The first-order chi connectivity index (χ1) is 4.29. The fraction of sp³-hybridized carbons (Fsp3) is 0.556. The summed E-state index contributed by atoms with van der Waals surface area (Å²) in [5.41, 5.74) is 1.39. The van der Waals surface area contributed by atoms with Gasteiger partial charge in [-0.1, -0.05) is 20.3 Å². The standard InChI is InChI=1S/C9H13.2BrH.Ti/c1-8(2)7-9-5-3-4-6-9;;;/h3,5,8H,4,7H2,1-2H3;2*1H;/q-1;;;+3/p-2. The second kappa shape index (κ2) is 10.2. The van der Waals surface area contributed by atoms with Crippen LogP contribution in [0.5, 0.6) is 0 Å². The molecule has 1 aliphatic carbocycles. The van der Waals surface area contributed by atoms with E-state index in [9.17, 15) is 0 Å². The molecular formula is C9H13Br2Ti. The van der Waals surface area contributed by atoms with Crippen molar-refractivity contribution in [3.05, 3.63) is 23.8 Å². The van der Waals surface area contributed by atoms with E-state index in [1.54, 1.807) is 0 Å². The van der Waals surface area contributed by atoms with E-state index in [0.717, 1.165) is 12.3 Å². The molecule has 0 saturated heterocycles. The molecule has 1 aliphatic rings. The van der Waals surface area contributed by atoms with Crippen molar-refractivity contribution in [2.24, 2.45) is 5.92 Å². The van der Waals surface area contributed by atoms with Crippen LogP contribution in [-0.4, -0.2) is 0 Å². The minimum Gasteiger partial charge on any atom is -1.00 e. The molecule has 1 radical (unpaired) electrons. The van der Waals surface area contributed by atoms with E-state index in [1.807, 2.05) is 0 Å². The zero-order valence-corrected chi connectivity index (χ0v) is 12.1. The second-order valence-corrected chi connectivity index (χ2v) is 2.91. The van der Waals surface area contributed by atoms with E-state index in [1.165, 1.54) is 12.0 Å². The van der Waals surface area contributed by atoms with Crippen molar-refractivity contribution in [2.75, 3.05) is 0 Å². The summed E-state index contributed by atoms with van der Waals surface area (Å²) in [5.74, 6) is 0.773. The van der Waals surface area contributed by atoms with Crippen LogP contribution in [0.1, 0.15) is 26.7 Å². The van der Waals surface area contributed by atoms with E-state index in [2.05, 4.69) is 32.1 Å². The number of hydrogen-bond donors (Lipinski definition) is 0. The molecule has 0 aliphatic heterocycles. The summed E-state index contributed by atoms with van der Waals surface area (Å²) in [6.07, 6.45) is 9.86. The predicted molar refractivity (Wildman–Crippen MR) is 40.0 cm³/mol. The Bertz CT molecular complexity index is 151. The van der Waals surface area contributed by atoms with Gasteiger partial charge in [-0.15, -0.1) is 6.42 Å². The second-order valence-electron chi connectivity index (χ2n) is 2.91. The van der Waals surface area contributed by atoms with E-state index in [0.29, 0.717) is 0 Å². The van der Waals surface area contributed by atoms with Crippen LogP contribution in [0.15, 0.2) is 17.7 Å². The van der Waals surface area contributed by atoms with Crippen molar-refractivity contribution in [1.82, 2.24) is 0 Å². The Morgan fingerprint density at radius 2 is 2.00 bits per heavy atom. The van der Waals surface area contributed by atoms with Crippen LogP contribution in [0, 0.1) is 12.0 Å². The van der Waals surface area contributed by atoms with Gasteiger partial charge < -0.3 is 34.0 Å². The molecule has 0 fully saturated rings. The van der Waals surface area contributed by atoms with Crippen LogP contribution in [0.4, 0.5) is 0 Å². The Morgan fingerprint density at radius 1 is 1.42 bits per heavy atom. The summed E-state index contributed by atoms with van der Waals surface area (Å²) < 4.78 is 0. The van der Waals surface area contributed by atoms with E-state index >= 15 is 0 Å². The molecule has 0 atom stereocenters. The fourth-order valence-corrected chi connectivity index (χ4v) is 1.03. The number of rotatable bonds is 2. The van der Waals surface area contributed by atoms with Gasteiger partial charge in [-0.2, -0.15) is 6.08 Å². The van der Waals surface area contributed by atoms with Crippen molar-refractivity contribution in [3.63, 3.8) is 0 Å². The minimum atomic E-state index is 0. The minimum absolute atomic E-state index is 0. The normalized spacial score (nSPS) is 12.8. The Labute approximate surface area is 111 Å². The molecular weight excluding hydrogens is 316 g/mol. The Hall–Kier alpha value is 1.15. The fourth-order valence-electron chi connectivity index (χ4n) is 1.03. The predicted octanol–water partition coefficient (Wildman–Crippen LogP) is -3.27. The van der Waals surface area contributed by atoms with Crippen LogP contribution < -0.4 is 34.0 Å². The smallest absolute Gasteiger partial charge is 1.00 e. The van der Waals surface area contributed by atoms with E-state index in [4.69, 9.17) is 0 Å². The monoisotopic (exact) mass is 327 g/mol. The largest absolute Gasteiger partial charge is 3.00 e. The zero-order chi connectivity index (χ0) is 6.69. The van der Waals surface area contributed by atoms with Crippen molar-refractivity contribution < 1.29 is 55.7 Å². The van der Waals surface area contributed by atoms with Gasteiger partial charge in [-0.3, -0.25) is 6.08 Å². The molecule has 0 N–H and O–H groups in total. The van der Waals surface area contributed by atoms with Crippen molar-refractivity contribution in [3.8, 4) is 0 Å². The van der Waals surface area contributed by atoms with Crippen LogP contribution in [0.25, 0.3) is 0 Å². The van der Waals surface area contributed by atoms with Crippen molar-refractivity contribution in [1.29, 1.82) is 0 Å². The molecule has 67 valence electrons. The first-order valence-corrected chi connectivity index (χ1v) is 3.55. The van der Waals surface area contributed by atoms with Crippen LogP contribution in [0.2, 0.25) is 0 Å². The van der Waals surface area contributed by atoms with Gasteiger partial charge in [0.2, 0.25) is 0 Å². The van der Waals surface area contributed by atoms with Gasteiger partial charge in [0.1, 0.15) is 0 Å². The average molecular weight is 329 g/mol. The third-order valence-corrected chi connectivity index (χ3v) is 1.39. The molecule has 0 nitrogen and oxygen atoms in total. The molecule has 0 unspecified atom stereocenters. The Balaban J connectivity index is -0.000000270. The molecule has 0 aromatic heterocycles. The van der Waals surface area contributed by atoms with Gasteiger partial charge >= 0.3 is 21.7 Å². The van der Waals surface area contributed by atoms with E-state index in [-0.39, 0.29) is 55.7 Å². The molecule has 12 heavy (non-hydrogen) atoms. The SMILES string of the molecule is CC(C)CC1=[C-]CC=C1.[Br-].[Br-].[Ti+3]. The summed E-state index contributed by atoms with van der Waals surface area (Å²) in [6.45, 7) is 4.47. The third-order valence-electron chi connectivity index (χ3n) is 1.39. The third kappa shape index (κ3) is 7.79. The summed E-state index contributed by atoms with van der Waals surface area (Å²) in [4.78, 5) is 0. The molecule has 0 bridgehead atoms. The van der Waals surface area contributed by atoms with Gasteiger partial charge in [0.15, 0.2) is 0 Å². The van der Waals surface area contributed by atoms with Crippen molar-refractivity contribution in [2.45, 2.75) is 26.7 Å². The van der Waals surface area contributed by atoms with Crippen LogP contribution >= 0.6 is 0 Å². The average Bonchev–Trinajstić information content (AvgIpc) is 2.15. The first-order valence-electron chi connectivity index (χ1n) is 3.55. The van der Waals surface area contributed by atoms with Gasteiger partial charge in [0.25, 0.3) is 0 Å². The Kier molecular flexibility index (Phi) is 16.1.